The van der Waals surface area contributed by atoms with Crippen molar-refractivity contribution in [1.29, 1.82) is 0 Å². The standard InChI is InChI=1S/C12H20N2O5/c1-8(5-10(15)16)6-13-12(18)14-4-3-9(7-14)11(17)19-2/h8-9H,3-7H2,1-2H3,(H,13,18)(H,15,16). The molecule has 2 N–H and O–H groups in total. The molecule has 1 aliphatic rings. The topological polar surface area (TPSA) is 95.9 Å². The molecule has 2 atom stereocenters. The number of carbonyl (C=O) groups is 3. The Morgan fingerprint density at radius 1 is 1.47 bits per heavy atom. The van der Waals surface area contributed by atoms with Gasteiger partial charge in [-0.15, -0.1) is 0 Å². The molecule has 0 radical (unpaired) electrons. The highest BCUT2D eigenvalue weighted by molar-refractivity contribution is 5.78. The van der Waals surface area contributed by atoms with Crippen LogP contribution in [0.3, 0.4) is 0 Å². The average molecular weight is 272 g/mol. The van der Waals surface area contributed by atoms with Crippen LogP contribution >= 0.6 is 0 Å². The summed E-state index contributed by atoms with van der Waals surface area (Å²) in [6.07, 6.45) is 0.621. The van der Waals surface area contributed by atoms with Crippen LogP contribution in [0.2, 0.25) is 0 Å². The Hall–Kier alpha value is -1.79. The van der Waals surface area contributed by atoms with Crippen molar-refractivity contribution in [1.82, 2.24) is 10.2 Å². The summed E-state index contributed by atoms with van der Waals surface area (Å²) in [6, 6.07) is -0.261. The van der Waals surface area contributed by atoms with Gasteiger partial charge in [0, 0.05) is 26.1 Å². The Bertz CT molecular complexity index is 358. The van der Waals surface area contributed by atoms with Gasteiger partial charge in [0.05, 0.1) is 13.0 Å². The molecular weight excluding hydrogens is 252 g/mol. The normalized spacial score (nSPS) is 19.9. The molecule has 7 nitrogen and oxygen atoms in total. The van der Waals surface area contributed by atoms with Gasteiger partial charge < -0.3 is 20.1 Å². The van der Waals surface area contributed by atoms with Gasteiger partial charge in [-0.1, -0.05) is 6.92 Å². The van der Waals surface area contributed by atoms with E-state index in [1.165, 1.54) is 7.11 Å². The van der Waals surface area contributed by atoms with E-state index in [-0.39, 0.29) is 30.3 Å². The van der Waals surface area contributed by atoms with Crippen molar-refractivity contribution in [3.8, 4) is 0 Å². The first kappa shape index (κ1) is 15.3. The largest absolute Gasteiger partial charge is 0.481 e. The van der Waals surface area contributed by atoms with Crippen molar-refractivity contribution >= 4 is 18.0 Å². The summed E-state index contributed by atoms with van der Waals surface area (Å²) in [4.78, 5) is 35.2. The van der Waals surface area contributed by atoms with Gasteiger partial charge in [0.2, 0.25) is 0 Å². The molecule has 0 bridgehead atoms. The number of carboxylic acid groups (broad SMARTS) is 1. The Morgan fingerprint density at radius 2 is 2.16 bits per heavy atom. The lowest BCUT2D eigenvalue weighted by Gasteiger charge is -2.18. The molecule has 1 aliphatic heterocycles. The third-order valence-electron chi connectivity index (χ3n) is 3.13. The summed E-state index contributed by atoms with van der Waals surface area (Å²) >= 11 is 0. The van der Waals surface area contributed by atoms with Crippen LogP contribution in [0.15, 0.2) is 0 Å². The van der Waals surface area contributed by atoms with Gasteiger partial charge in [-0.2, -0.15) is 0 Å². The van der Waals surface area contributed by atoms with E-state index in [9.17, 15) is 14.4 Å². The first-order valence-electron chi connectivity index (χ1n) is 6.26. The SMILES string of the molecule is COC(=O)C1CCN(C(=O)NCC(C)CC(=O)O)C1. The van der Waals surface area contributed by atoms with E-state index < -0.39 is 5.97 Å². The number of hydrogen-bond donors (Lipinski definition) is 2. The highest BCUT2D eigenvalue weighted by Crippen LogP contribution is 2.17. The van der Waals surface area contributed by atoms with E-state index >= 15 is 0 Å². The number of hydrogen-bond acceptors (Lipinski definition) is 4. The zero-order valence-corrected chi connectivity index (χ0v) is 11.2. The van der Waals surface area contributed by atoms with E-state index in [0.29, 0.717) is 26.1 Å². The van der Waals surface area contributed by atoms with Crippen LogP contribution in [0.25, 0.3) is 0 Å². The Labute approximate surface area is 111 Å². The van der Waals surface area contributed by atoms with Crippen LogP contribution in [0.5, 0.6) is 0 Å². The van der Waals surface area contributed by atoms with E-state index in [1.54, 1.807) is 11.8 Å². The van der Waals surface area contributed by atoms with E-state index in [0.717, 1.165) is 0 Å². The van der Waals surface area contributed by atoms with Crippen molar-refractivity contribution in [2.75, 3.05) is 26.7 Å². The third kappa shape index (κ3) is 4.76. The fraction of sp³-hybridized carbons (Fsp3) is 0.750. The maximum Gasteiger partial charge on any atom is 0.317 e. The van der Waals surface area contributed by atoms with Crippen molar-refractivity contribution in [3.05, 3.63) is 0 Å². The monoisotopic (exact) mass is 272 g/mol. The minimum absolute atomic E-state index is 0.0189. The van der Waals surface area contributed by atoms with Gasteiger partial charge in [-0.25, -0.2) is 4.79 Å². The minimum Gasteiger partial charge on any atom is -0.481 e. The number of esters is 1. The first-order valence-corrected chi connectivity index (χ1v) is 6.26. The van der Waals surface area contributed by atoms with E-state index in [2.05, 4.69) is 10.1 Å². The molecule has 1 saturated heterocycles. The number of nitrogens with zero attached hydrogens (tertiary/aromatic N) is 1. The van der Waals surface area contributed by atoms with Crippen LogP contribution in [-0.4, -0.2) is 54.7 Å². The van der Waals surface area contributed by atoms with Crippen LogP contribution in [-0.2, 0) is 14.3 Å². The van der Waals surface area contributed by atoms with Gasteiger partial charge >= 0.3 is 18.0 Å². The number of ether oxygens (including phenoxy) is 1. The molecule has 0 spiro atoms. The summed E-state index contributed by atoms with van der Waals surface area (Å²) in [5.41, 5.74) is 0. The van der Waals surface area contributed by atoms with Crippen LogP contribution < -0.4 is 5.32 Å². The predicted octanol–water partition coefficient (Wildman–Crippen LogP) is 0.302. The molecule has 2 amide bonds. The summed E-state index contributed by atoms with van der Waals surface area (Å²) in [6.45, 7) is 2.94. The minimum atomic E-state index is -0.881. The molecule has 0 aromatic rings. The Morgan fingerprint density at radius 3 is 2.74 bits per heavy atom. The maximum atomic E-state index is 11.8. The fourth-order valence-electron chi connectivity index (χ4n) is 2.05. The second-order valence-electron chi connectivity index (χ2n) is 4.84. The zero-order valence-electron chi connectivity index (χ0n) is 11.2. The number of nitrogens with one attached hydrogen (secondary N) is 1. The quantitative estimate of drug-likeness (QED) is 0.702. The molecule has 2 unspecified atom stereocenters. The maximum absolute atomic E-state index is 11.8. The number of likely N-dealkylation sites (tertiary alicyclic amines) is 1. The van der Waals surface area contributed by atoms with Crippen LogP contribution in [0.4, 0.5) is 4.79 Å². The first-order chi connectivity index (χ1) is 8.93. The molecule has 0 aliphatic carbocycles. The average Bonchev–Trinajstić information content (AvgIpc) is 2.83. The number of methoxy groups -OCH3 is 1. The smallest absolute Gasteiger partial charge is 0.317 e. The molecule has 0 saturated carbocycles. The third-order valence-corrected chi connectivity index (χ3v) is 3.13. The second kappa shape index (κ2) is 6.96. The lowest BCUT2D eigenvalue weighted by atomic mass is 10.1. The van der Waals surface area contributed by atoms with Crippen LogP contribution in [0, 0.1) is 11.8 Å². The molecule has 1 fully saturated rings. The molecule has 19 heavy (non-hydrogen) atoms. The van der Waals surface area contributed by atoms with Gasteiger partial charge in [0.1, 0.15) is 0 Å². The van der Waals surface area contributed by atoms with Crippen LogP contribution in [0.1, 0.15) is 19.8 Å². The van der Waals surface area contributed by atoms with Crippen molar-refractivity contribution in [2.45, 2.75) is 19.8 Å². The number of carbonyl (C=O) groups excluding carboxylic acids is 2. The zero-order chi connectivity index (χ0) is 14.4. The number of aliphatic carboxylic acids is 1. The molecule has 1 rings (SSSR count). The summed E-state index contributed by atoms with van der Waals surface area (Å²) in [5.74, 6) is -1.56. The summed E-state index contributed by atoms with van der Waals surface area (Å²) in [7, 11) is 1.33. The van der Waals surface area contributed by atoms with Crippen molar-refractivity contribution in [3.63, 3.8) is 0 Å². The molecule has 0 aromatic heterocycles. The van der Waals surface area contributed by atoms with Gasteiger partial charge in [-0.3, -0.25) is 9.59 Å². The molecule has 1 heterocycles. The summed E-state index contributed by atoms with van der Waals surface area (Å²) in [5, 5.41) is 11.3. The summed E-state index contributed by atoms with van der Waals surface area (Å²) < 4.78 is 4.64. The van der Waals surface area contributed by atoms with Gasteiger partial charge in [0.15, 0.2) is 0 Å². The van der Waals surface area contributed by atoms with Crippen molar-refractivity contribution in [2.24, 2.45) is 11.8 Å². The molecule has 0 aromatic carbocycles. The molecule has 7 heteroatoms. The van der Waals surface area contributed by atoms with Gasteiger partial charge in [0.25, 0.3) is 0 Å². The number of rotatable bonds is 5. The lowest BCUT2D eigenvalue weighted by molar-refractivity contribution is -0.145. The number of amides is 2. The Balaban J connectivity index is 2.31. The second-order valence-corrected chi connectivity index (χ2v) is 4.84. The van der Waals surface area contributed by atoms with E-state index in [1.807, 2.05) is 0 Å². The van der Waals surface area contributed by atoms with E-state index in [4.69, 9.17) is 5.11 Å². The highest BCUT2D eigenvalue weighted by Gasteiger charge is 2.31. The highest BCUT2D eigenvalue weighted by atomic mass is 16.5. The Kier molecular flexibility index (Phi) is 5.59. The molecular formula is C12H20N2O5. The fourth-order valence-corrected chi connectivity index (χ4v) is 2.05. The van der Waals surface area contributed by atoms with Gasteiger partial charge in [-0.05, 0) is 12.3 Å². The van der Waals surface area contributed by atoms with Crippen molar-refractivity contribution < 1.29 is 24.2 Å². The lowest BCUT2D eigenvalue weighted by Crippen LogP contribution is -2.41. The molecule has 108 valence electrons. The predicted molar refractivity (Wildman–Crippen MR) is 66.5 cm³/mol. The number of urea groups is 1. The number of carboxylic acids is 1.